The molecule has 15 heavy (non-hydrogen) atoms. The number of hydrogen-bond acceptors (Lipinski definition) is 2. The molecule has 3 nitrogen and oxygen atoms in total. The Kier molecular flexibility index (Phi) is 5.29. The second kappa shape index (κ2) is 6.53. The smallest absolute Gasteiger partial charge is 0.411 e. The minimum Gasteiger partial charge on any atom is -0.449 e. The van der Waals surface area contributed by atoms with Crippen molar-refractivity contribution in [2.75, 3.05) is 17.8 Å². The summed E-state index contributed by atoms with van der Waals surface area (Å²) >= 11 is 11.3. The number of halogens is 2. The van der Waals surface area contributed by atoms with Crippen molar-refractivity contribution >= 4 is 35.0 Å². The summed E-state index contributed by atoms with van der Waals surface area (Å²) in [4.78, 5) is 11.2. The molecule has 1 N–H and O–H groups in total. The van der Waals surface area contributed by atoms with Crippen LogP contribution in [0.25, 0.3) is 0 Å². The molecule has 0 radical (unpaired) electrons. The molecule has 5 heteroatoms. The van der Waals surface area contributed by atoms with E-state index in [1.54, 1.807) is 24.3 Å². The van der Waals surface area contributed by atoms with Crippen LogP contribution in [0.2, 0.25) is 5.02 Å². The first-order chi connectivity index (χ1) is 7.24. The number of rotatable bonds is 4. The molecule has 0 saturated carbocycles. The van der Waals surface area contributed by atoms with Crippen LogP contribution in [0.15, 0.2) is 24.3 Å². The summed E-state index contributed by atoms with van der Waals surface area (Å²) in [6.45, 7) is 0.305. The Labute approximate surface area is 98.3 Å². The minimum atomic E-state index is -0.520. The van der Waals surface area contributed by atoms with Crippen LogP contribution < -0.4 is 5.32 Å². The third kappa shape index (κ3) is 4.40. The van der Waals surface area contributed by atoms with E-state index >= 15 is 0 Å². The fourth-order valence-electron chi connectivity index (χ4n) is 0.928. The van der Waals surface area contributed by atoms with Gasteiger partial charge in [-0.25, -0.2) is 4.79 Å². The summed E-state index contributed by atoms with van der Waals surface area (Å²) < 4.78 is 4.85. The molecule has 1 aromatic rings. The third-order valence-electron chi connectivity index (χ3n) is 1.62. The van der Waals surface area contributed by atoms with Crippen LogP contribution in [0.3, 0.4) is 0 Å². The summed E-state index contributed by atoms with van der Waals surface area (Å²) in [5.41, 5.74) is 0.537. The van der Waals surface area contributed by atoms with Crippen LogP contribution in [0.4, 0.5) is 10.5 Å². The lowest BCUT2D eigenvalue weighted by Crippen LogP contribution is -2.14. The normalized spacial score (nSPS) is 9.73. The average molecular weight is 248 g/mol. The van der Waals surface area contributed by atoms with Crippen molar-refractivity contribution in [2.45, 2.75) is 6.42 Å². The summed E-state index contributed by atoms with van der Waals surface area (Å²) in [5, 5.41) is 3.01. The molecule has 82 valence electrons. The van der Waals surface area contributed by atoms with Gasteiger partial charge in [0.25, 0.3) is 0 Å². The predicted molar refractivity (Wildman–Crippen MR) is 61.8 cm³/mol. The molecule has 0 aliphatic heterocycles. The fraction of sp³-hybridized carbons (Fsp3) is 0.300. The second-order valence-corrected chi connectivity index (χ2v) is 3.57. The molecular formula is C10H11Cl2NO2. The SMILES string of the molecule is O=C(Nc1ccccc1Cl)OCCCCl. The van der Waals surface area contributed by atoms with Gasteiger partial charge in [-0.1, -0.05) is 23.7 Å². The van der Waals surface area contributed by atoms with Crippen LogP contribution in [0, 0.1) is 0 Å². The number of anilines is 1. The number of hydrogen-bond donors (Lipinski definition) is 1. The van der Waals surface area contributed by atoms with E-state index < -0.39 is 6.09 Å². The monoisotopic (exact) mass is 247 g/mol. The number of ether oxygens (including phenoxy) is 1. The van der Waals surface area contributed by atoms with Crippen LogP contribution in [-0.4, -0.2) is 18.6 Å². The van der Waals surface area contributed by atoms with Crippen LogP contribution in [0.5, 0.6) is 0 Å². The highest BCUT2D eigenvalue weighted by molar-refractivity contribution is 6.33. The first-order valence-corrected chi connectivity index (χ1v) is 5.39. The maximum absolute atomic E-state index is 11.2. The predicted octanol–water partition coefficient (Wildman–Crippen LogP) is 3.52. The van der Waals surface area contributed by atoms with Crippen molar-refractivity contribution in [1.82, 2.24) is 0 Å². The van der Waals surface area contributed by atoms with Gasteiger partial charge < -0.3 is 4.74 Å². The van der Waals surface area contributed by atoms with Crippen molar-refractivity contribution in [3.05, 3.63) is 29.3 Å². The molecule has 1 aromatic carbocycles. The number of carbonyl (C=O) groups is 1. The average Bonchev–Trinajstić information content (AvgIpc) is 2.22. The van der Waals surface area contributed by atoms with Gasteiger partial charge in [0.05, 0.1) is 17.3 Å². The Bertz CT molecular complexity index is 331. The largest absolute Gasteiger partial charge is 0.449 e. The van der Waals surface area contributed by atoms with Crippen molar-refractivity contribution in [1.29, 1.82) is 0 Å². The Hall–Kier alpha value is -0.930. The Balaban J connectivity index is 2.41. The standard InChI is InChI=1S/C10H11Cl2NO2/c11-6-3-7-15-10(14)13-9-5-2-1-4-8(9)12/h1-2,4-5H,3,6-7H2,(H,13,14). The number of nitrogens with one attached hydrogen (secondary N) is 1. The number of benzene rings is 1. The van der Waals surface area contributed by atoms with E-state index in [0.717, 1.165) is 0 Å². The lowest BCUT2D eigenvalue weighted by molar-refractivity contribution is 0.162. The molecule has 1 amide bonds. The molecule has 1 rings (SSSR count). The molecule has 0 atom stereocenters. The maximum Gasteiger partial charge on any atom is 0.411 e. The first kappa shape index (κ1) is 12.1. The van der Waals surface area contributed by atoms with Crippen molar-refractivity contribution in [3.8, 4) is 0 Å². The molecule has 0 spiro atoms. The van der Waals surface area contributed by atoms with Gasteiger partial charge in [-0.15, -0.1) is 11.6 Å². The quantitative estimate of drug-likeness (QED) is 0.654. The van der Waals surface area contributed by atoms with Gasteiger partial charge >= 0.3 is 6.09 Å². The number of alkyl halides is 1. The van der Waals surface area contributed by atoms with E-state index in [9.17, 15) is 4.79 Å². The van der Waals surface area contributed by atoms with E-state index in [0.29, 0.717) is 29.6 Å². The van der Waals surface area contributed by atoms with Gasteiger partial charge in [0.15, 0.2) is 0 Å². The molecule has 0 aliphatic rings. The topological polar surface area (TPSA) is 38.3 Å². The van der Waals surface area contributed by atoms with Crippen LogP contribution in [-0.2, 0) is 4.74 Å². The number of para-hydroxylation sites is 1. The van der Waals surface area contributed by atoms with Gasteiger partial charge in [-0.3, -0.25) is 5.32 Å². The van der Waals surface area contributed by atoms with E-state index in [-0.39, 0.29) is 0 Å². The molecule has 0 aromatic heterocycles. The highest BCUT2D eigenvalue weighted by Gasteiger charge is 2.04. The van der Waals surface area contributed by atoms with Crippen molar-refractivity contribution in [3.63, 3.8) is 0 Å². The Morgan fingerprint density at radius 1 is 1.40 bits per heavy atom. The Morgan fingerprint density at radius 3 is 2.80 bits per heavy atom. The summed E-state index contributed by atoms with van der Waals surface area (Å²) in [6.07, 6.45) is 0.116. The third-order valence-corrected chi connectivity index (χ3v) is 2.22. The molecule has 0 heterocycles. The molecule has 0 aliphatic carbocycles. The lowest BCUT2D eigenvalue weighted by atomic mass is 10.3. The highest BCUT2D eigenvalue weighted by Crippen LogP contribution is 2.20. The zero-order valence-corrected chi connectivity index (χ0v) is 9.52. The van der Waals surface area contributed by atoms with Crippen molar-refractivity contribution in [2.24, 2.45) is 0 Å². The Morgan fingerprint density at radius 2 is 2.13 bits per heavy atom. The van der Waals surface area contributed by atoms with Gasteiger partial charge in [0.2, 0.25) is 0 Å². The van der Waals surface area contributed by atoms with Gasteiger partial charge in [-0.2, -0.15) is 0 Å². The zero-order chi connectivity index (χ0) is 11.1. The zero-order valence-electron chi connectivity index (χ0n) is 8.00. The summed E-state index contributed by atoms with van der Waals surface area (Å²) in [6, 6.07) is 6.95. The second-order valence-electron chi connectivity index (χ2n) is 2.78. The molecule has 0 fully saturated rings. The van der Waals surface area contributed by atoms with Crippen LogP contribution >= 0.6 is 23.2 Å². The number of amides is 1. The number of carbonyl (C=O) groups excluding carboxylic acids is 1. The van der Waals surface area contributed by atoms with E-state index in [2.05, 4.69) is 5.32 Å². The maximum atomic E-state index is 11.2. The van der Waals surface area contributed by atoms with Crippen LogP contribution in [0.1, 0.15) is 6.42 Å². The van der Waals surface area contributed by atoms with Gasteiger partial charge in [-0.05, 0) is 18.6 Å². The summed E-state index contributed by atoms with van der Waals surface area (Å²) in [5.74, 6) is 0.472. The highest BCUT2D eigenvalue weighted by atomic mass is 35.5. The summed E-state index contributed by atoms with van der Waals surface area (Å²) in [7, 11) is 0. The first-order valence-electron chi connectivity index (χ1n) is 4.48. The fourth-order valence-corrected chi connectivity index (χ4v) is 1.22. The molecule has 0 unspecified atom stereocenters. The molecular weight excluding hydrogens is 237 g/mol. The van der Waals surface area contributed by atoms with E-state index in [4.69, 9.17) is 27.9 Å². The minimum absolute atomic E-state index is 0.305. The molecule has 0 saturated heterocycles. The van der Waals surface area contributed by atoms with Gasteiger partial charge in [0, 0.05) is 5.88 Å². The van der Waals surface area contributed by atoms with Gasteiger partial charge in [0.1, 0.15) is 0 Å². The van der Waals surface area contributed by atoms with Crippen molar-refractivity contribution < 1.29 is 9.53 Å². The lowest BCUT2D eigenvalue weighted by Gasteiger charge is -2.07. The van der Waals surface area contributed by atoms with E-state index in [1.807, 2.05) is 0 Å². The molecule has 0 bridgehead atoms. The van der Waals surface area contributed by atoms with E-state index in [1.165, 1.54) is 0 Å².